The number of carbonyl (C=O) groups excluding carboxylic acids is 2. The summed E-state index contributed by atoms with van der Waals surface area (Å²) in [5, 5.41) is 6.84. The molecule has 2 amide bonds. The van der Waals surface area contributed by atoms with Gasteiger partial charge in [0.05, 0.1) is 13.3 Å². The maximum absolute atomic E-state index is 11.7. The molecule has 0 spiro atoms. The fourth-order valence-corrected chi connectivity index (χ4v) is 1.90. The van der Waals surface area contributed by atoms with E-state index in [1.165, 1.54) is 6.21 Å². The number of methoxy groups -OCH3 is 1. The lowest BCUT2D eigenvalue weighted by molar-refractivity contribution is -0.139. The van der Waals surface area contributed by atoms with E-state index in [1.807, 2.05) is 0 Å². The van der Waals surface area contributed by atoms with Crippen molar-refractivity contribution in [3.05, 3.63) is 64.7 Å². The van der Waals surface area contributed by atoms with Crippen LogP contribution >= 0.6 is 11.6 Å². The molecule has 0 saturated heterocycles. The molecule has 0 atom stereocenters. The van der Waals surface area contributed by atoms with Gasteiger partial charge in [0.15, 0.2) is 0 Å². The Morgan fingerprint density at radius 3 is 2.38 bits per heavy atom. The number of nitrogens with zero attached hydrogens (tertiary/aromatic N) is 1. The average molecular weight is 346 g/mol. The summed E-state index contributed by atoms with van der Waals surface area (Å²) in [4.78, 5) is 23.3. The Labute approximate surface area is 144 Å². The fourth-order valence-electron chi connectivity index (χ4n) is 1.77. The van der Waals surface area contributed by atoms with E-state index in [1.54, 1.807) is 55.6 Å². The van der Waals surface area contributed by atoms with Crippen molar-refractivity contribution in [1.29, 1.82) is 0 Å². The highest BCUT2D eigenvalue weighted by atomic mass is 35.5. The Kier molecular flexibility index (Phi) is 6.33. The molecule has 6 nitrogen and oxygen atoms in total. The van der Waals surface area contributed by atoms with E-state index in [0.717, 1.165) is 16.9 Å². The third kappa shape index (κ3) is 5.40. The first-order chi connectivity index (χ1) is 11.6. The molecule has 0 bridgehead atoms. The molecular weight excluding hydrogens is 330 g/mol. The van der Waals surface area contributed by atoms with Crippen molar-refractivity contribution in [3.63, 3.8) is 0 Å². The lowest BCUT2D eigenvalue weighted by atomic mass is 10.2. The summed E-state index contributed by atoms with van der Waals surface area (Å²) < 4.78 is 5.05. The molecule has 0 saturated carbocycles. The molecule has 0 aliphatic carbocycles. The zero-order chi connectivity index (χ0) is 17.4. The highest BCUT2D eigenvalue weighted by Crippen LogP contribution is 2.10. The normalized spacial score (nSPS) is 10.4. The standard InChI is InChI=1S/C17H16ClN3O3/c1-24-15-8-4-12(5-9-15)10-19-16(22)17(23)21-20-11-13-2-6-14(18)7-3-13/h2-9,11H,10H2,1H3,(H,19,22)(H,21,23)/b20-11-. The van der Waals surface area contributed by atoms with E-state index < -0.39 is 11.8 Å². The minimum absolute atomic E-state index is 0.233. The summed E-state index contributed by atoms with van der Waals surface area (Å²) >= 11 is 5.77. The molecule has 7 heteroatoms. The third-order valence-electron chi connectivity index (χ3n) is 3.07. The third-order valence-corrected chi connectivity index (χ3v) is 3.32. The number of carbonyl (C=O) groups is 2. The smallest absolute Gasteiger partial charge is 0.329 e. The predicted octanol–water partition coefficient (Wildman–Crippen LogP) is 2.12. The summed E-state index contributed by atoms with van der Waals surface area (Å²) in [6.07, 6.45) is 1.42. The van der Waals surface area contributed by atoms with Crippen molar-refractivity contribution in [3.8, 4) is 5.75 Å². The minimum atomic E-state index is -0.839. The van der Waals surface area contributed by atoms with Gasteiger partial charge in [0.25, 0.3) is 0 Å². The molecular formula is C17H16ClN3O3. The van der Waals surface area contributed by atoms with Crippen molar-refractivity contribution in [1.82, 2.24) is 10.7 Å². The van der Waals surface area contributed by atoms with Crippen molar-refractivity contribution in [2.24, 2.45) is 5.10 Å². The highest BCUT2D eigenvalue weighted by Gasteiger charge is 2.11. The topological polar surface area (TPSA) is 79.8 Å². The minimum Gasteiger partial charge on any atom is -0.497 e. The van der Waals surface area contributed by atoms with Crippen LogP contribution in [-0.4, -0.2) is 25.1 Å². The largest absolute Gasteiger partial charge is 0.497 e. The molecule has 24 heavy (non-hydrogen) atoms. The molecule has 124 valence electrons. The average Bonchev–Trinajstić information content (AvgIpc) is 2.61. The molecule has 0 unspecified atom stereocenters. The van der Waals surface area contributed by atoms with Gasteiger partial charge in [-0.2, -0.15) is 5.10 Å². The van der Waals surface area contributed by atoms with Crippen LogP contribution in [0.5, 0.6) is 5.75 Å². The molecule has 2 N–H and O–H groups in total. The molecule has 2 aromatic carbocycles. The maximum atomic E-state index is 11.7. The van der Waals surface area contributed by atoms with Gasteiger partial charge in [-0.25, -0.2) is 5.43 Å². The van der Waals surface area contributed by atoms with Crippen LogP contribution in [0.25, 0.3) is 0 Å². The molecule has 0 aliphatic rings. The lowest BCUT2D eigenvalue weighted by Crippen LogP contribution is -2.37. The zero-order valence-electron chi connectivity index (χ0n) is 13.0. The van der Waals surface area contributed by atoms with Crippen molar-refractivity contribution in [2.75, 3.05) is 7.11 Å². The number of hydrogen-bond acceptors (Lipinski definition) is 4. The number of hydrazone groups is 1. The van der Waals surface area contributed by atoms with Gasteiger partial charge < -0.3 is 10.1 Å². The zero-order valence-corrected chi connectivity index (χ0v) is 13.7. The number of benzene rings is 2. The number of hydrogen-bond donors (Lipinski definition) is 2. The summed E-state index contributed by atoms with van der Waals surface area (Å²) in [5.41, 5.74) is 3.76. The van der Waals surface area contributed by atoms with Gasteiger partial charge >= 0.3 is 11.8 Å². The number of nitrogens with one attached hydrogen (secondary N) is 2. The first-order valence-corrected chi connectivity index (χ1v) is 7.46. The molecule has 2 rings (SSSR count). The monoisotopic (exact) mass is 345 g/mol. The van der Waals surface area contributed by atoms with Gasteiger partial charge in [-0.3, -0.25) is 9.59 Å². The van der Waals surface area contributed by atoms with Crippen molar-refractivity contribution >= 4 is 29.6 Å². The SMILES string of the molecule is COc1ccc(CNC(=O)C(=O)N/N=C\c2ccc(Cl)cc2)cc1. The van der Waals surface area contributed by atoms with Crippen LogP contribution in [-0.2, 0) is 16.1 Å². The Morgan fingerprint density at radius 1 is 1.08 bits per heavy atom. The van der Waals surface area contributed by atoms with E-state index >= 15 is 0 Å². The highest BCUT2D eigenvalue weighted by molar-refractivity contribution is 6.35. The maximum Gasteiger partial charge on any atom is 0.329 e. The number of halogens is 1. The van der Waals surface area contributed by atoms with Gasteiger partial charge in [-0.15, -0.1) is 0 Å². The molecule has 2 aromatic rings. The molecule has 0 aliphatic heterocycles. The van der Waals surface area contributed by atoms with Crippen molar-refractivity contribution < 1.29 is 14.3 Å². The van der Waals surface area contributed by atoms with Crippen LogP contribution < -0.4 is 15.5 Å². The quantitative estimate of drug-likeness (QED) is 0.495. The Balaban J connectivity index is 1.79. The lowest BCUT2D eigenvalue weighted by Gasteiger charge is -2.05. The summed E-state index contributed by atoms with van der Waals surface area (Å²) in [6.45, 7) is 0.233. The van der Waals surface area contributed by atoms with Gasteiger partial charge in [-0.1, -0.05) is 35.9 Å². The summed E-state index contributed by atoms with van der Waals surface area (Å²) in [7, 11) is 1.58. The fraction of sp³-hybridized carbons (Fsp3) is 0.118. The van der Waals surface area contributed by atoms with Gasteiger partial charge in [0.2, 0.25) is 0 Å². The Morgan fingerprint density at radius 2 is 1.75 bits per heavy atom. The number of rotatable bonds is 5. The van der Waals surface area contributed by atoms with E-state index in [4.69, 9.17) is 16.3 Å². The van der Waals surface area contributed by atoms with Crippen LogP contribution in [0, 0.1) is 0 Å². The Bertz CT molecular complexity index is 728. The second-order valence-electron chi connectivity index (χ2n) is 4.78. The van der Waals surface area contributed by atoms with Crippen LogP contribution in [0.1, 0.15) is 11.1 Å². The van der Waals surface area contributed by atoms with E-state index in [-0.39, 0.29) is 6.54 Å². The molecule has 0 fully saturated rings. The number of ether oxygens (including phenoxy) is 1. The van der Waals surface area contributed by atoms with Crippen LogP contribution in [0.4, 0.5) is 0 Å². The van der Waals surface area contributed by atoms with E-state index in [2.05, 4.69) is 15.8 Å². The van der Waals surface area contributed by atoms with Gasteiger partial charge in [0.1, 0.15) is 5.75 Å². The second kappa shape index (κ2) is 8.69. The van der Waals surface area contributed by atoms with Gasteiger partial charge in [-0.05, 0) is 35.4 Å². The molecule has 0 heterocycles. The molecule has 0 radical (unpaired) electrons. The van der Waals surface area contributed by atoms with Crippen molar-refractivity contribution in [2.45, 2.75) is 6.54 Å². The van der Waals surface area contributed by atoms with Crippen LogP contribution in [0.3, 0.4) is 0 Å². The number of amides is 2. The van der Waals surface area contributed by atoms with Crippen LogP contribution in [0.15, 0.2) is 53.6 Å². The Hall–Kier alpha value is -2.86. The van der Waals surface area contributed by atoms with Crippen LogP contribution in [0.2, 0.25) is 5.02 Å². The summed E-state index contributed by atoms with van der Waals surface area (Å²) in [5.74, 6) is -0.882. The first-order valence-electron chi connectivity index (χ1n) is 7.08. The molecule has 0 aromatic heterocycles. The van der Waals surface area contributed by atoms with Gasteiger partial charge in [0, 0.05) is 11.6 Å². The second-order valence-corrected chi connectivity index (χ2v) is 5.22. The predicted molar refractivity (Wildman–Crippen MR) is 92.0 cm³/mol. The van der Waals surface area contributed by atoms with E-state index in [9.17, 15) is 9.59 Å². The first kappa shape index (κ1) is 17.5. The van der Waals surface area contributed by atoms with E-state index in [0.29, 0.717) is 5.02 Å². The summed E-state index contributed by atoms with van der Waals surface area (Å²) in [6, 6.07) is 14.0.